The number of hydrogen-bond acceptors (Lipinski definition) is 3. The van der Waals surface area contributed by atoms with E-state index in [-0.39, 0.29) is 5.91 Å². The largest absolute Gasteiger partial charge is 0.457 e. The summed E-state index contributed by atoms with van der Waals surface area (Å²) in [5.74, 6) is -0.492. The molecule has 3 rings (SSSR count). The Balaban J connectivity index is 1.85. The number of carbonyl (C=O) groups is 2. The zero-order chi connectivity index (χ0) is 19.4. The number of hydrogen-bond donors (Lipinski definition) is 1. The minimum atomic E-state index is -0.531. The van der Waals surface area contributed by atoms with Crippen molar-refractivity contribution in [3.63, 3.8) is 0 Å². The highest BCUT2D eigenvalue weighted by atomic mass is 16.6. The number of anilines is 1. The Hall–Kier alpha value is -3.14. The number of para-hydroxylation sites is 1. The Bertz CT molecular complexity index is 933. The fraction of sp³-hybridized carbons (Fsp3) is 0.217. The first-order valence-corrected chi connectivity index (χ1v) is 8.92. The number of carbonyl (C=O) groups excluding carboxylic acids is 2. The molecular weight excluding hydrogens is 338 g/mol. The third kappa shape index (κ3) is 4.94. The van der Waals surface area contributed by atoms with E-state index in [0.29, 0.717) is 12.0 Å². The van der Waals surface area contributed by atoms with Crippen LogP contribution in [0.15, 0.2) is 60.2 Å². The van der Waals surface area contributed by atoms with Crippen molar-refractivity contribution in [2.45, 2.75) is 32.8 Å². The van der Waals surface area contributed by atoms with Crippen molar-refractivity contribution in [3.8, 4) is 0 Å². The van der Waals surface area contributed by atoms with Crippen LogP contribution in [0.2, 0.25) is 0 Å². The molecule has 4 heteroatoms. The van der Waals surface area contributed by atoms with Gasteiger partial charge >= 0.3 is 5.97 Å². The van der Waals surface area contributed by atoms with Crippen LogP contribution in [0.1, 0.15) is 37.5 Å². The van der Waals surface area contributed by atoms with Crippen molar-refractivity contribution in [2.24, 2.45) is 0 Å². The van der Waals surface area contributed by atoms with E-state index >= 15 is 0 Å². The molecule has 0 spiro atoms. The fourth-order valence-electron chi connectivity index (χ4n) is 2.88. The number of fused-ring (bicyclic) bond motifs is 1. The van der Waals surface area contributed by atoms with Gasteiger partial charge in [-0.25, -0.2) is 4.79 Å². The van der Waals surface area contributed by atoms with Gasteiger partial charge in [0, 0.05) is 23.8 Å². The second-order valence-corrected chi connectivity index (χ2v) is 7.45. The molecule has 0 saturated carbocycles. The third-order valence-corrected chi connectivity index (χ3v) is 4.07. The summed E-state index contributed by atoms with van der Waals surface area (Å²) in [6, 6.07) is 15.4. The Morgan fingerprint density at radius 2 is 1.70 bits per heavy atom. The summed E-state index contributed by atoms with van der Waals surface area (Å²) in [6.07, 6.45) is 5.58. The second kappa shape index (κ2) is 7.62. The smallest absolute Gasteiger partial charge is 0.331 e. The maximum absolute atomic E-state index is 12.4. The highest BCUT2D eigenvalue weighted by Crippen LogP contribution is 2.27. The minimum Gasteiger partial charge on any atom is -0.457 e. The zero-order valence-electron chi connectivity index (χ0n) is 15.8. The lowest BCUT2D eigenvalue weighted by atomic mass is 9.95. The quantitative estimate of drug-likeness (QED) is 0.641. The second-order valence-electron chi connectivity index (χ2n) is 7.45. The number of ether oxygens (including phenoxy) is 1. The van der Waals surface area contributed by atoms with Crippen LogP contribution in [0.5, 0.6) is 0 Å². The normalized spacial score (nSPS) is 15.5. The van der Waals surface area contributed by atoms with Crippen LogP contribution in [-0.4, -0.2) is 17.5 Å². The molecule has 0 aliphatic carbocycles. The first-order valence-electron chi connectivity index (χ1n) is 8.92. The summed E-state index contributed by atoms with van der Waals surface area (Å²) in [5, 5.41) is 2.93. The molecule has 2 aromatic rings. The fourth-order valence-corrected chi connectivity index (χ4v) is 2.88. The van der Waals surface area contributed by atoms with Gasteiger partial charge in [-0.1, -0.05) is 42.5 Å². The van der Waals surface area contributed by atoms with Gasteiger partial charge in [0.2, 0.25) is 0 Å². The van der Waals surface area contributed by atoms with E-state index in [0.717, 1.165) is 22.4 Å². The number of amides is 1. The van der Waals surface area contributed by atoms with E-state index < -0.39 is 11.6 Å². The Morgan fingerprint density at radius 3 is 2.44 bits per heavy atom. The van der Waals surface area contributed by atoms with Gasteiger partial charge in [0.05, 0.1) is 0 Å². The monoisotopic (exact) mass is 361 g/mol. The van der Waals surface area contributed by atoms with Gasteiger partial charge in [0.15, 0.2) is 0 Å². The number of rotatable bonds is 3. The molecule has 1 aliphatic heterocycles. The van der Waals surface area contributed by atoms with Crippen LogP contribution in [0.25, 0.3) is 12.2 Å². The predicted octanol–water partition coefficient (Wildman–Crippen LogP) is 4.62. The van der Waals surface area contributed by atoms with Crippen molar-refractivity contribution in [1.82, 2.24) is 0 Å². The topological polar surface area (TPSA) is 55.4 Å². The maximum Gasteiger partial charge on any atom is 0.331 e. The minimum absolute atomic E-state index is 0.0976. The highest BCUT2D eigenvalue weighted by Gasteiger charge is 2.19. The predicted molar refractivity (Wildman–Crippen MR) is 108 cm³/mol. The van der Waals surface area contributed by atoms with Gasteiger partial charge in [-0.2, -0.15) is 0 Å². The molecule has 2 aromatic carbocycles. The van der Waals surface area contributed by atoms with Crippen LogP contribution in [0.4, 0.5) is 5.69 Å². The SMILES string of the molecule is CC(C)(C)OC(=O)/C=C/c1ccccc1/C=C1\Cc2ccccc2NC1=O. The molecule has 0 unspecified atom stereocenters. The van der Waals surface area contributed by atoms with Gasteiger partial charge in [-0.15, -0.1) is 0 Å². The first-order chi connectivity index (χ1) is 12.8. The molecule has 4 nitrogen and oxygen atoms in total. The third-order valence-electron chi connectivity index (χ3n) is 4.07. The van der Waals surface area contributed by atoms with E-state index in [1.807, 2.05) is 75.4 Å². The molecular formula is C23H23NO3. The summed E-state index contributed by atoms with van der Waals surface area (Å²) < 4.78 is 5.30. The van der Waals surface area contributed by atoms with Crippen LogP contribution < -0.4 is 5.32 Å². The summed E-state index contributed by atoms with van der Waals surface area (Å²) in [6.45, 7) is 5.49. The van der Waals surface area contributed by atoms with Crippen molar-refractivity contribution in [3.05, 3.63) is 76.9 Å². The number of nitrogens with one attached hydrogen (secondary N) is 1. The van der Waals surface area contributed by atoms with Crippen molar-refractivity contribution >= 4 is 29.7 Å². The molecule has 1 amide bonds. The summed E-state index contributed by atoms with van der Waals surface area (Å²) in [5.41, 5.74) is 3.83. The molecule has 0 radical (unpaired) electrons. The van der Waals surface area contributed by atoms with Crippen molar-refractivity contribution in [1.29, 1.82) is 0 Å². The van der Waals surface area contributed by atoms with Crippen molar-refractivity contribution < 1.29 is 14.3 Å². The molecule has 0 saturated heterocycles. The maximum atomic E-state index is 12.4. The van der Waals surface area contributed by atoms with E-state index in [4.69, 9.17) is 4.74 Å². The summed E-state index contributed by atoms with van der Waals surface area (Å²) in [4.78, 5) is 24.4. The van der Waals surface area contributed by atoms with Crippen LogP contribution in [0, 0.1) is 0 Å². The first kappa shape index (κ1) is 18.6. The Morgan fingerprint density at radius 1 is 1.04 bits per heavy atom. The standard InChI is InChI=1S/C23H23NO3/c1-23(2,3)27-21(25)13-12-16-8-4-5-9-17(16)14-19-15-18-10-6-7-11-20(18)24-22(19)26/h4-14H,15H2,1-3H3,(H,24,26)/b13-12+,19-14+. The lowest BCUT2D eigenvalue weighted by Crippen LogP contribution is -2.22. The molecule has 0 bridgehead atoms. The number of benzene rings is 2. The van der Waals surface area contributed by atoms with Crippen LogP contribution >= 0.6 is 0 Å². The van der Waals surface area contributed by atoms with E-state index in [1.54, 1.807) is 6.08 Å². The molecule has 0 atom stereocenters. The van der Waals surface area contributed by atoms with Gasteiger partial charge in [-0.05, 0) is 55.7 Å². The average Bonchev–Trinajstić information content (AvgIpc) is 2.60. The molecule has 1 N–H and O–H groups in total. The zero-order valence-corrected chi connectivity index (χ0v) is 15.8. The Labute approximate surface area is 159 Å². The summed E-state index contributed by atoms with van der Waals surface area (Å²) in [7, 11) is 0. The lowest BCUT2D eigenvalue weighted by molar-refractivity contribution is -0.148. The van der Waals surface area contributed by atoms with Gasteiger partial charge in [-0.3, -0.25) is 4.79 Å². The average molecular weight is 361 g/mol. The molecule has 138 valence electrons. The molecule has 1 aliphatic rings. The molecule has 0 fully saturated rings. The number of esters is 1. The van der Waals surface area contributed by atoms with Gasteiger partial charge in [0.25, 0.3) is 5.91 Å². The van der Waals surface area contributed by atoms with Gasteiger partial charge < -0.3 is 10.1 Å². The Kier molecular flexibility index (Phi) is 5.26. The molecule has 1 heterocycles. The van der Waals surface area contributed by atoms with E-state index in [9.17, 15) is 9.59 Å². The lowest BCUT2D eigenvalue weighted by Gasteiger charge is -2.19. The van der Waals surface area contributed by atoms with Crippen LogP contribution in [0.3, 0.4) is 0 Å². The van der Waals surface area contributed by atoms with Crippen molar-refractivity contribution in [2.75, 3.05) is 5.32 Å². The summed E-state index contributed by atoms with van der Waals surface area (Å²) >= 11 is 0. The van der Waals surface area contributed by atoms with Crippen LogP contribution in [-0.2, 0) is 20.7 Å². The molecule has 0 aromatic heterocycles. The van der Waals surface area contributed by atoms with Gasteiger partial charge in [0.1, 0.15) is 5.60 Å². The van der Waals surface area contributed by atoms with E-state index in [2.05, 4.69) is 5.32 Å². The van der Waals surface area contributed by atoms with E-state index in [1.165, 1.54) is 6.08 Å². The molecule has 27 heavy (non-hydrogen) atoms. The highest BCUT2D eigenvalue weighted by molar-refractivity contribution is 6.09.